The second kappa shape index (κ2) is 4.85. The lowest BCUT2D eigenvalue weighted by Crippen LogP contribution is -2.33. The van der Waals surface area contributed by atoms with Gasteiger partial charge >= 0.3 is 6.03 Å². The van der Waals surface area contributed by atoms with E-state index in [0.29, 0.717) is 30.9 Å². The first kappa shape index (κ1) is 11.4. The number of nitrogens with one attached hydrogen (secondary N) is 1. The molecule has 0 unspecified atom stereocenters. The number of aliphatic hydroxyl groups excluding tert-OH is 1. The number of benzene rings is 1. The molecule has 17 heavy (non-hydrogen) atoms. The van der Waals surface area contributed by atoms with Crippen LogP contribution in [0, 0.1) is 6.57 Å². The van der Waals surface area contributed by atoms with Crippen molar-refractivity contribution in [3.63, 3.8) is 0 Å². The van der Waals surface area contributed by atoms with Gasteiger partial charge in [0, 0.05) is 18.8 Å². The molecule has 1 atom stereocenters. The molecule has 0 aromatic heterocycles. The zero-order chi connectivity index (χ0) is 12.3. The number of urea groups is 1. The molecule has 1 aromatic rings. The third-order valence-electron chi connectivity index (χ3n) is 2.68. The summed E-state index contributed by atoms with van der Waals surface area (Å²) in [6.45, 7) is 7.82. The molecule has 0 saturated carbocycles. The average molecular weight is 231 g/mol. The Morgan fingerprint density at radius 3 is 3.06 bits per heavy atom. The van der Waals surface area contributed by atoms with Gasteiger partial charge in [-0.05, 0) is 18.6 Å². The van der Waals surface area contributed by atoms with E-state index in [0.717, 1.165) is 0 Å². The minimum Gasteiger partial charge on any atom is -0.391 e. The molecule has 1 heterocycles. The number of likely N-dealkylation sites (tertiary alicyclic amines) is 1. The van der Waals surface area contributed by atoms with Crippen LogP contribution in [0.15, 0.2) is 24.3 Å². The van der Waals surface area contributed by atoms with Crippen LogP contribution in [-0.4, -0.2) is 35.2 Å². The van der Waals surface area contributed by atoms with Crippen LogP contribution in [0.5, 0.6) is 0 Å². The predicted molar refractivity (Wildman–Crippen MR) is 63.9 cm³/mol. The van der Waals surface area contributed by atoms with Gasteiger partial charge in [0.2, 0.25) is 0 Å². The summed E-state index contributed by atoms with van der Waals surface area (Å²) in [5.41, 5.74) is 1.09. The van der Waals surface area contributed by atoms with E-state index in [2.05, 4.69) is 10.2 Å². The number of rotatable bonds is 1. The van der Waals surface area contributed by atoms with Gasteiger partial charge in [0.25, 0.3) is 0 Å². The Kier molecular flexibility index (Phi) is 3.26. The second-order valence-corrected chi connectivity index (χ2v) is 3.98. The quantitative estimate of drug-likeness (QED) is 0.724. The Morgan fingerprint density at radius 1 is 1.59 bits per heavy atom. The number of hydrogen-bond acceptors (Lipinski definition) is 2. The summed E-state index contributed by atoms with van der Waals surface area (Å²) in [7, 11) is 0. The Balaban J connectivity index is 2.01. The molecule has 5 heteroatoms. The summed E-state index contributed by atoms with van der Waals surface area (Å²) >= 11 is 0. The molecule has 88 valence electrons. The van der Waals surface area contributed by atoms with Crippen molar-refractivity contribution < 1.29 is 9.90 Å². The number of carbonyl (C=O) groups excluding carboxylic acids is 1. The first-order valence-electron chi connectivity index (χ1n) is 5.40. The smallest absolute Gasteiger partial charge is 0.321 e. The van der Waals surface area contributed by atoms with Crippen LogP contribution in [0.4, 0.5) is 16.2 Å². The summed E-state index contributed by atoms with van der Waals surface area (Å²) in [5, 5.41) is 12.0. The highest BCUT2D eigenvalue weighted by molar-refractivity contribution is 5.90. The monoisotopic (exact) mass is 231 g/mol. The zero-order valence-electron chi connectivity index (χ0n) is 9.26. The maximum atomic E-state index is 11.8. The normalized spacial score (nSPS) is 18.8. The summed E-state index contributed by atoms with van der Waals surface area (Å²) < 4.78 is 0. The zero-order valence-corrected chi connectivity index (χ0v) is 9.26. The van der Waals surface area contributed by atoms with Crippen LogP contribution in [0.25, 0.3) is 4.85 Å². The first-order chi connectivity index (χ1) is 8.19. The molecule has 1 aliphatic rings. The average Bonchev–Trinajstić information content (AvgIpc) is 2.76. The lowest BCUT2D eigenvalue weighted by molar-refractivity contribution is 0.176. The standard InChI is InChI=1S/C12H13N3O2/c1-13-9-3-2-4-10(7-9)14-12(17)15-6-5-11(16)8-15/h2-4,7,11,16H,5-6,8H2,(H,14,17)/t11-/m0/s1. The van der Waals surface area contributed by atoms with Gasteiger partial charge in [-0.2, -0.15) is 0 Å². The van der Waals surface area contributed by atoms with E-state index in [4.69, 9.17) is 6.57 Å². The molecule has 1 aliphatic heterocycles. The maximum absolute atomic E-state index is 11.8. The number of hydrogen-bond donors (Lipinski definition) is 2. The Bertz CT molecular complexity index is 467. The van der Waals surface area contributed by atoms with Gasteiger partial charge in [-0.1, -0.05) is 12.1 Å². The van der Waals surface area contributed by atoms with Crippen molar-refractivity contribution >= 4 is 17.4 Å². The van der Waals surface area contributed by atoms with E-state index in [9.17, 15) is 9.90 Å². The SMILES string of the molecule is [C-]#[N+]c1cccc(NC(=O)N2CC[C@H](O)C2)c1. The van der Waals surface area contributed by atoms with E-state index in [1.165, 1.54) is 0 Å². The van der Waals surface area contributed by atoms with Crippen LogP contribution in [-0.2, 0) is 0 Å². The maximum Gasteiger partial charge on any atom is 0.321 e. The van der Waals surface area contributed by atoms with Gasteiger partial charge in [-0.25, -0.2) is 9.64 Å². The molecular formula is C12H13N3O2. The number of anilines is 1. The van der Waals surface area contributed by atoms with Gasteiger partial charge in [0.15, 0.2) is 5.69 Å². The third kappa shape index (κ3) is 2.74. The fraction of sp³-hybridized carbons (Fsp3) is 0.333. The highest BCUT2D eigenvalue weighted by Gasteiger charge is 2.24. The number of nitrogens with zero attached hydrogens (tertiary/aromatic N) is 2. The molecule has 5 nitrogen and oxygen atoms in total. The van der Waals surface area contributed by atoms with Gasteiger partial charge in [0.05, 0.1) is 12.7 Å². The van der Waals surface area contributed by atoms with Crippen LogP contribution >= 0.6 is 0 Å². The molecule has 0 aliphatic carbocycles. The molecule has 2 rings (SSSR count). The topological polar surface area (TPSA) is 56.9 Å². The molecule has 1 aromatic carbocycles. The molecule has 1 fully saturated rings. The largest absolute Gasteiger partial charge is 0.391 e. The van der Waals surface area contributed by atoms with Crippen LogP contribution in [0.2, 0.25) is 0 Å². The number of aliphatic hydroxyl groups is 1. The van der Waals surface area contributed by atoms with E-state index in [-0.39, 0.29) is 6.03 Å². The van der Waals surface area contributed by atoms with Gasteiger partial charge in [0.1, 0.15) is 0 Å². The van der Waals surface area contributed by atoms with Crippen molar-refractivity contribution in [3.8, 4) is 0 Å². The van der Waals surface area contributed by atoms with Crippen LogP contribution < -0.4 is 5.32 Å². The highest BCUT2D eigenvalue weighted by atomic mass is 16.3. The molecule has 2 amide bonds. The van der Waals surface area contributed by atoms with Crippen molar-refractivity contribution in [3.05, 3.63) is 35.7 Å². The lowest BCUT2D eigenvalue weighted by Gasteiger charge is -2.16. The highest BCUT2D eigenvalue weighted by Crippen LogP contribution is 2.18. The van der Waals surface area contributed by atoms with Crippen molar-refractivity contribution in [1.82, 2.24) is 4.90 Å². The molecule has 1 saturated heterocycles. The van der Waals surface area contributed by atoms with Crippen molar-refractivity contribution in [2.24, 2.45) is 0 Å². The second-order valence-electron chi connectivity index (χ2n) is 3.98. The van der Waals surface area contributed by atoms with E-state index in [1.54, 1.807) is 29.2 Å². The molecule has 0 radical (unpaired) electrons. The van der Waals surface area contributed by atoms with E-state index in [1.807, 2.05) is 0 Å². The minimum atomic E-state index is -0.421. The fourth-order valence-electron chi connectivity index (χ4n) is 1.78. The van der Waals surface area contributed by atoms with E-state index >= 15 is 0 Å². The molecular weight excluding hydrogens is 218 g/mol. The third-order valence-corrected chi connectivity index (χ3v) is 2.68. The van der Waals surface area contributed by atoms with Crippen LogP contribution in [0.1, 0.15) is 6.42 Å². The number of β-amino-alcohol motifs (C(OH)–C–C–N with tert-alkyl or cyclic N) is 1. The molecule has 0 bridgehead atoms. The van der Waals surface area contributed by atoms with Gasteiger partial charge in [-0.3, -0.25) is 0 Å². The first-order valence-corrected chi connectivity index (χ1v) is 5.40. The summed E-state index contributed by atoms with van der Waals surface area (Å²) in [6.07, 6.45) is 0.200. The Labute approximate surface area is 99.5 Å². The number of amides is 2. The van der Waals surface area contributed by atoms with E-state index < -0.39 is 6.10 Å². The predicted octanol–water partition coefficient (Wildman–Crippen LogP) is 1.84. The van der Waals surface area contributed by atoms with Crippen LogP contribution in [0.3, 0.4) is 0 Å². The van der Waals surface area contributed by atoms with Gasteiger partial charge < -0.3 is 15.3 Å². The van der Waals surface area contributed by atoms with Crippen molar-refractivity contribution in [1.29, 1.82) is 0 Å². The summed E-state index contributed by atoms with van der Waals surface area (Å²) in [6, 6.07) is 6.53. The molecule has 2 N–H and O–H groups in total. The molecule has 0 spiro atoms. The summed E-state index contributed by atoms with van der Waals surface area (Å²) in [5.74, 6) is 0. The summed E-state index contributed by atoms with van der Waals surface area (Å²) in [4.78, 5) is 16.6. The van der Waals surface area contributed by atoms with Gasteiger partial charge in [-0.15, -0.1) is 0 Å². The number of carbonyl (C=O) groups is 1. The minimum absolute atomic E-state index is 0.233. The Morgan fingerprint density at radius 2 is 2.41 bits per heavy atom. The fourth-order valence-corrected chi connectivity index (χ4v) is 1.78. The Hall–Kier alpha value is -2.06. The van der Waals surface area contributed by atoms with Crippen molar-refractivity contribution in [2.75, 3.05) is 18.4 Å². The van der Waals surface area contributed by atoms with Crippen molar-refractivity contribution in [2.45, 2.75) is 12.5 Å². The lowest BCUT2D eigenvalue weighted by atomic mass is 10.3.